The van der Waals surface area contributed by atoms with Crippen LogP contribution in [0.15, 0.2) is 24.3 Å². The summed E-state index contributed by atoms with van der Waals surface area (Å²) in [5.41, 5.74) is 1.80. The van der Waals surface area contributed by atoms with Gasteiger partial charge in [-0.1, -0.05) is 32.9 Å². The first-order valence-electron chi connectivity index (χ1n) is 12.5. The van der Waals surface area contributed by atoms with Gasteiger partial charge in [0.2, 0.25) is 11.8 Å². The lowest BCUT2D eigenvalue weighted by Crippen LogP contribution is -2.58. The van der Waals surface area contributed by atoms with Crippen LogP contribution in [0.5, 0.6) is 0 Å². The number of halogens is 1. The number of ketones is 1. The number of alkyl halides is 1. The summed E-state index contributed by atoms with van der Waals surface area (Å²) in [6.45, 7) is 9.90. The van der Waals surface area contributed by atoms with Crippen molar-refractivity contribution in [3.05, 3.63) is 35.5 Å². The molecular formula is C27H35ClN4O4. The first-order chi connectivity index (χ1) is 16.9. The highest BCUT2D eigenvalue weighted by molar-refractivity contribution is 6.28. The lowest BCUT2D eigenvalue weighted by Gasteiger charge is -2.35. The van der Waals surface area contributed by atoms with E-state index in [4.69, 9.17) is 11.6 Å². The van der Waals surface area contributed by atoms with E-state index in [0.29, 0.717) is 12.2 Å². The van der Waals surface area contributed by atoms with Crippen LogP contribution in [0.3, 0.4) is 0 Å². The number of likely N-dealkylation sites (tertiary alicyclic amines) is 1. The zero-order valence-electron chi connectivity index (χ0n) is 21.5. The molecule has 194 valence electrons. The molecule has 1 aliphatic carbocycles. The van der Waals surface area contributed by atoms with E-state index in [1.165, 1.54) is 0 Å². The zero-order chi connectivity index (χ0) is 26.4. The first kappa shape index (κ1) is 26.2. The average Bonchev–Trinajstić information content (AvgIpc) is 3.51. The number of aryl methyl sites for hydroxylation is 1. The number of carbonyl (C=O) groups is 4. The monoisotopic (exact) mass is 514 g/mol. The van der Waals surface area contributed by atoms with Crippen LogP contribution in [0.4, 0.5) is 0 Å². The van der Waals surface area contributed by atoms with Crippen molar-refractivity contribution in [2.24, 2.45) is 17.3 Å². The largest absolute Gasteiger partial charge is 0.351 e. The standard InChI is InChI=1S/C27H35ClN4O4/c1-14-7-6-8-19-18(14)11-20(30-19)24(34)31-22(17-9-10-17)26(36)32-13-15(2)27(4,5)23(32)25(35)29-16(3)21(33)12-28/h6-8,11,15-17,22-23,30H,9-10,12-13H2,1-5H3,(H,29,35)(H,31,34)/t15-,16+,22?,23-/m1/s1. The van der Waals surface area contributed by atoms with E-state index >= 15 is 0 Å². The van der Waals surface area contributed by atoms with E-state index in [-0.39, 0.29) is 41.2 Å². The van der Waals surface area contributed by atoms with Crippen LogP contribution in [0.2, 0.25) is 0 Å². The number of nitrogens with zero attached hydrogens (tertiary/aromatic N) is 1. The predicted octanol–water partition coefficient (Wildman–Crippen LogP) is 3.17. The first-order valence-corrected chi connectivity index (χ1v) is 13.1. The highest BCUT2D eigenvalue weighted by atomic mass is 35.5. The Morgan fingerprint density at radius 1 is 1.19 bits per heavy atom. The second-order valence-electron chi connectivity index (χ2n) is 11.0. The van der Waals surface area contributed by atoms with Crippen molar-refractivity contribution in [1.82, 2.24) is 20.5 Å². The van der Waals surface area contributed by atoms with Crippen molar-refractivity contribution in [1.29, 1.82) is 0 Å². The molecule has 3 amide bonds. The molecule has 2 aromatic rings. The third kappa shape index (κ3) is 4.88. The number of benzene rings is 1. The number of hydrogen-bond acceptors (Lipinski definition) is 4. The third-order valence-electron chi connectivity index (χ3n) is 8.03. The van der Waals surface area contributed by atoms with Crippen molar-refractivity contribution in [2.45, 2.75) is 65.6 Å². The summed E-state index contributed by atoms with van der Waals surface area (Å²) in [5.74, 6) is -1.39. The zero-order valence-corrected chi connectivity index (χ0v) is 22.2. The SMILES string of the molecule is Cc1cccc2[nH]c(C(=O)NC(C(=O)N3C[C@@H](C)C(C)(C)[C@H]3C(=O)N[C@@H](C)C(=O)CCl)C3CC3)cc12. The molecule has 2 fully saturated rings. The van der Waals surface area contributed by atoms with Crippen LogP contribution in [0.25, 0.3) is 10.9 Å². The van der Waals surface area contributed by atoms with Crippen molar-refractivity contribution in [3.63, 3.8) is 0 Å². The van der Waals surface area contributed by atoms with Gasteiger partial charge in [0.1, 0.15) is 17.8 Å². The Morgan fingerprint density at radius 3 is 2.50 bits per heavy atom. The van der Waals surface area contributed by atoms with Gasteiger partial charge < -0.3 is 20.5 Å². The Bertz CT molecular complexity index is 1200. The Morgan fingerprint density at radius 2 is 1.89 bits per heavy atom. The summed E-state index contributed by atoms with van der Waals surface area (Å²) in [6.07, 6.45) is 1.68. The number of fused-ring (bicyclic) bond motifs is 1. The van der Waals surface area contributed by atoms with Crippen LogP contribution < -0.4 is 10.6 Å². The highest BCUT2D eigenvalue weighted by Crippen LogP contribution is 2.43. The maximum absolute atomic E-state index is 13.9. The predicted molar refractivity (Wildman–Crippen MR) is 139 cm³/mol. The molecule has 1 aromatic carbocycles. The molecule has 8 nitrogen and oxygen atoms in total. The van der Waals surface area contributed by atoms with Crippen molar-refractivity contribution in [3.8, 4) is 0 Å². The lowest BCUT2D eigenvalue weighted by atomic mass is 9.77. The van der Waals surface area contributed by atoms with E-state index in [1.807, 2.05) is 45.9 Å². The van der Waals surface area contributed by atoms with Crippen molar-refractivity contribution < 1.29 is 19.2 Å². The van der Waals surface area contributed by atoms with Crippen LogP contribution >= 0.6 is 11.6 Å². The molecule has 2 aliphatic rings. The topological polar surface area (TPSA) is 111 Å². The number of Topliss-reactive ketones (excluding diaryl/α,β-unsaturated/α-hetero) is 1. The Hall–Kier alpha value is -2.87. The van der Waals surface area contributed by atoms with Gasteiger partial charge in [-0.25, -0.2) is 0 Å². The van der Waals surface area contributed by atoms with E-state index in [0.717, 1.165) is 29.3 Å². The summed E-state index contributed by atoms with van der Waals surface area (Å²) >= 11 is 5.66. The molecule has 1 aliphatic heterocycles. The van der Waals surface area contributed by atoms with Gasteiger partial charge >= 0.3 is 0 Å². The minimum Gasteiger partial charge on any atom is -0.351 e. The van der Waals surface area contributed by atoms with Gasteiger partial charge in [0.15, 0.2) is 5.78 Å². The molecule has 2 heterocycles. The third-order valence-corrected chi connectivity index (χ3v) is 8.30. The molecule has 0 radical (unpaired) electrons. The van der Waals surface area contributed by atoms with E-state index < -0.39 is 23.5 Å². The average molecular weight is 515 g/mol. The van der Waals surface area contributed by atoms with Gasteiger partial charge in [-0.3, -0.25) is 19.2 Å². The number of aromatic amines is 1. The van der Waals surface area contributed by atoms with Crippen LogP contribution in [0, 0.1) is 24.2 Å². The number of nitrogens with one attached hydrogen (secondary N) is 3. The van der Waals surface area contributed by atoms with Gasteiger partial charge in [-0.15, -0.1) is 11.6 Å². The summed E-state index contributed by atoms with van der Waals surface area (Å²) in [4.78, 5) is 57.1. The number of aromatic nitrogens is 1. The molecule has 1 saturated carbocycles. The maximum atomic E-state index is 13.9. The fourth-order valence-corrected chi connectivity index (χ4v) is 5.36. The van der Waals surface area contributed by atoms with Gasteiger partial charge in [-0.2, -0.15) is 0 Å². The molecule has 1 unspecified atom stereocenters. The lowest BCUT2D eigenvalue weighted by molar-refractivity contribution is -0.143. The number of amides is 3. The van der Waals surface area contributed by atoms with E-state index in [1.54, 1.807) is 17.9 Å². The molecule has 4 rings (SSSR count). The van der Waals surface area contributed by atoms with Crippen LogP contribution in [0.1, 0.15) is 56.6 Å². The molecule has 9 heteroatoms. The minimum absolute atomic E-state index is 0.0343. The van der Waals surface area contributed by atoms with Crippen LogP contribution in [-0.2, 0) is 14.4 Å². The van der Waals surface area contributed by atoms with Gasteiger partial charge in [0.05, 0.1) is 11.9 Å². The second kappa shape index (κ2) is 9.88. The van der Waals surface area contributed by atoms with E-state index in [2.05, 4.69) is 15.6 Å². The molecule has 3 N–H and O–H groups in total. The maximum Gasteiger partial charge on any atom is 0.268 e. The molecule has 1 aromatic heterocycles. The normalized spacial score (nSPS) is 22.8. The summed E-state index contributed by atoms with van der Waals surface area (Å²) in [7, 11) is 0. The molecule has 4 atom stereocenters. The van der Waals surface area contributed by atoms with Gasteiger partial charge in [0, 0.05) is 17.4 Å². The Labute approximate surface area is 216 Å². The number of rotatable bonds is 8. The van der Waals surface area contributed by atoms with Crippen molar-refractivity contribution in [2.75, 3.05) is 12.4 Å². The molecular weight excluding hydrogens is 480 g/mol. The smallest absolute Gasteiger partial charge is 0.268 e. The minimum atomic E-state index is -0.764. The molecule has 0 bridgehead atoms. The fourth-order valence-electron chi connectivity index (χ4n) is 5.13. The van der Waals surface area contributed by atoms with E-state index in [9.17, 15) is 19.2 Å². The summed E-state index contributed by atoms with van der Waals surface area (Å²) in [6, 6.07) is 5.40. The van der Waals surface area contributed by atoms with Crippen LogP contribution in [-0.4, -0.2) is 63.9 Å². The number of carbonyl (C=O) groups excluding carboxylic acids is 4. The Kier molecular flexibility index (Phi) is 7.19. The second-order valence-corrected chi connectivity index (χ2v) is 11.2. The summed E-state index contributed by atoms with van der Waals surface area (Å²) in [5, 5.41) is 6.66. The summed E-state index contributed by atoms with van der Waals surface area (Å²) < 4.78 is 0. The van der Waals surface area contributed by atoms with Gasteiger partial charge in [-0.05, 0) is 61.6 Å². The molecule has 36 heavy (non-hydrogen) atoms. The number of H-pyrrole nitrogens is 1. The number of hydrogen-bond donors (Lipinski definition) is 3. The quantitative estimate of drug-likeness (QED) is 0.470. The van der Waals surface area contributed by atoms with Crippen molar-refractivity contribution >= 4 is 46.0 Å². The fraction of sp³-hybridized carbons (Fsp3) is 0.556. The van der Waals surface area contributed by atoms with Gasteiger partial charge in [0.25, 0.3) is 5.91 Å². The molecule has 0 spiro atoms. The highest BCUT2D eigenvalue weighted by Gasteiger charge is 2.54. The Balaban J connectivity index is 1.56. The molecule has 1 saturated heterocycles.